The highest BCUT2D eigenvalue weighted by atomic mass is 35.5. The van der Waals surface area contributed by atoms with E-state index in [0.717, 1.165) is 0 Å². The molecule has 21 heavy (non-hydrogen) atoms. The van der Waals surface area contributed by atoms with E-state index in [0.29, 0.717) is 0 Å². The molecule has 0 fully saturated rings. The van der Waals surface area contributed by atoms with E-state index >= 15 is 0 Å². The summed E-state index contributed by atoms with van der Waals surface area (Å²) in [6, 6.07) is 7.18. The van der Waals surface area contributed by atoms with Gasteiger partial charge < -0.3 is 10.7 Å². The first-order chi connectivity index (χ1) is 10.0. The Morgan fingerprint density at radius 3 is 2.71 bits per heavy atom. The van der Waals surface area contributed by atoms with Gasteiger partial charge in [0, 0.05) is 12.3 Å². The fourth-order valence-electron chi connectivity index (χ4n) is 1.69. The molecule has 0 unspecified atom stereocenters. The van der Waals surface area contributed by atoms with Gasteiger partial charge in [0.15, 0.2) is 5.82 Å². The highest BCUT2D eigenvalue weighted by molar-refractivity contribution is 6.33. The number of nitrogens with two attached hydrogens (primary N) is 1. The van der Waals surface area contributed by atoms with Gasteiger partial charge in [-0.1, -0.05) is 17.7 Å². The summed E-state index contributed by atoms with van der Waals surface area (Å²) in [6.07, 6.45) is 1.46. The summed E-state index contributed by atoms with van der Waals surface area (Å²) in [4.78, 5) is 26.4. The number of amides is 1. The van der Waals surface area contributed by atoms with Crippen LogP contribution in [0.1, 0.15) is 10.4 Å². The van der Waals surface area contributed by atoms with Crippen molar-refractivity contribution < 1.29 is 9.72 Å². The van der Waals surface area contributed by atoms with Crippen molar-refractivity contribution in [3.05, 3.63) is 57.2 Å². The first-order valence-electron chi connectivity index (χ1n) is 5.70. The second kappa shape index (κ2) is 6.16. The Kier molecular flexibility index (Phi) is 4.31. The molecular weight excluding hydrogens is 298 g/mol. The van der Waals surface area contributed by atoms with Crippen LogP contribution in [0.2, 0.25) is 5.02 Å². The monoisotopic (exact) mass is 307 g/mol. The van der Waals surface area contributed by atoms with E-state index in [1.165, 1.54) is 24.4 Å². The summed E-state index contributed by atoms with van der Waals surface area (Å²) in [5, 5.41) is 13.6. The molecule has 108 valence electrons. The largest absolute Gasteiger partial charge is 0.318 e. The Morgan fingerprint density at radius 2 is 2.10 bits per heavy atom. The van der Waals surface area contributed by atoms with Crippen LogP contribution in [0.3, 0.4) is 0 Å². The summed E-state index contributed by atoms with van der Waals surface area (Å²) in [5.74, 6) is 4.81. The van der Waals surface area contributed by atoms with E-state index in [1.807, 2.05) is 0 Å². The zero-order valence-electron chi connectivity index (χ0n) is 10.5. The smallest absolute Gasteiger partial charge is 0.294 e. The van der Waals surface area contributed by atoms with Crippen LogP contribution in [0.15, 0.2) is 36.5 Å². The Morgan fingerprint density at radius 1 is 1.33 bits per heavy atom. The minimum Gasteiger partial charge on any atom is -0.318 e. The summed E-state index contributed by atoms with van der Waals surface area (Å²) >= 11 is 5.89. The summed E-state index contributed by atoms with van der Waals surface area (Å²) < 4.78 is 0. The number of nitrogens with zero attached hydrogens (tertiary/aromatic N) is 2. The summed E-state index contributed by atoms with van der Waals surface area (Å²) in [6.45, 7) is 0. The Labute approximate surface area is 124 Å². The Balaban J connectivity index is 2.38. The SMILES string of the molecule is NNc1c(C(=O)Nc2ncccc2Cl)cccc1[N+](=O)[O-]. The summed E-state index contributed by atoms with van der Waals surface area (Å²) in [5.41, 5.74) is 1.78. The molecule has 0 saturated carbocycles. The molecule has 2 aromatic rings. The molecule has 1 amide bonds. The molecule has 1 aromatic heterocycles. The number of carbonyl (C=O) groups excluding carboxylic acids is 1. The molecule has 1 heterocycles. The zero-order valence-corrected chi connectivity index (χ0v) is 11.3. The van der Waals surface area contributed by atoms with Gasteiger partial charge >= 0.3 is 0 Å². The first kappa shape index (κ1) is 14.7. The van der Waals surface area contributed by atoms with Crippen LogP contribution < -0.4 is 16.6 Å². The predicted octanol–water partition coefficient (Wildman–Crippen LogP) is 2.18. The lowest BCUT2D eigenvalue weighted by Gasteiger charge is -2.10. The number of aromatic nitrogens is 1. The van der Waals surface area contributed by atoms with Crippen molar-refractivity contribution in [3.8, 4) is 0 Å². The van der Waals surface area contributed by atoms with Gasteiger partial charge in [-0.25, -0.2) is 4.98 Å². The number of benzene rings is 1. The number of pyridine rings is 1. The van der Waals surface area contributed by atoms with Crippen LogP contribution in [0.25, 0.3) is 0 Å². The van der Waals surface area contributed by atoms with Crippen molar-refractivity contribution >= 4 is 34.7 Å². The highest BCUT2D eigenvalue weighted by Crippen LogP contribution is 2.28. The van der Waals surface area contributed by atoms with E-state index in [2.05, 4.69) is 15.7 Å². The summed E-state index contributed by atoms with van der Waals surface area (Å²) in [7, 11) is 0. The van der Waals surface area contributed by atoms with E-state index in [1.54, 1.807) is 12.1 Å². The molecule has 0 aliphatic heterocycles. The lowest BCUT2D eigenvalue weighted by molar-refractivity contribution is -0.384. The minimum absolute atomic E-state index is 0.00780. The fraction of sp³-hybridized carbons (Fsp3) is 0. The molecule has 0 atom stereocenters. The second-order valence-corrected chi connectivity index (χ2v) is 4.30. The van der Waals surface area contributed by atoms with Crippen LogP contribution in [0, 0.1) is 10.1 Å². The number of rotatable bonds is 4. The number of anilines is 2. The molecule has 9 heteroatoms. The standard InChI is InChI=1S/C12H10ClN5O3/c13-8-4-2-6-15-11(8)16-12(19)7-3-1-5-9(18(20)21)10(7)17-14/h1-6,17H,14H2,(H,15,16,19). The number of hydrogen-bond donors (Lipinski definition) is 3. The molecular formula is C12H10ClN5O3. The van der Waals surface area contributed by atoms with Gasteiger partial charge in [-0.2, -0.15) is 0 Å². The van der Waals surface area contributed by atoms with Crippen molar-refractivity contribution in [2.75, 3.05) is 10.7 Å². The number of hydrogen-bond acceptors (Lipinski definition) is 6. The molecule has 4 N–H and O–H groups in total. The van der Waals surface area contributed by atoms with Crippen LogP contribution >= 0.6 is 11.6 Å². The fourth-order valence-corrected chi connectivity index (χ4v) is 1.85. The topological polar surface area (TPSA) is 123 Å². The lowest BCUT2D eigenvalue weighted by Crippen LogP contribution is -2.19. The minimum atomic E-state index is -0.639. The van der Waals surface area contributed by atoms with Crippen LogP contribution in [0.5, 0.6) is 0 Å². The van der Waals surface area contributed by atoms with Crippen molar-refractivity contribution in [1.29, 1.82) is 0 Å². The molecule has 1 aromatic carbocycles. The number of nitro benzene ring substituents is 1. The molecule has 0 saturated heterocycles. The number of nitrogens with one attached hydrogen (secondary N) is 2. The Hall–Kier alpha value is -2.71. The molecule has 8 nitrogen and oxygen atoms in total. The number of para-hydroxylation sites is 1. The van der Waals surface area contributed by atoms with E-state index in [-0.39, 0.29) is 27.8 Å². The van der Waals surface area contributed by atoms with Gasteiger partial charge in [-0.15, -0.1) is 0 Å². The lowest BCUT2D eigenvalue weighted by atomic mass is 10.1. The molecule has 0 radical (unpaired) electrons. The highest BCUT2D eigenvalue weighted by Gasteiger charge is 2.21. The molecule has 0 aliphatic rings. The van der Waals surface area contributed by atoms with E-state index in [4.69, 9.17) is 17.4 Å². The maximum absolute atomic E-state index is 12.2. The first-order valence-corrected chi connectivity index (χ1v) is 6.08. The molecule has 0 aliphatic carbocycles. The van der Waals surface area contributed by atoms with Gasteiger partial charge in [0.05, 0.1) is 15.5 Å². The van der Waals surface area contributed by atoms with Gasteiger partial charge in [-0.3, -0.25) is 20.8 Å². The maximum Gasteiger partial charge on any atom is 0.294 e. The number of carbonyl (C=O) groups is 1. The second-order valence-electron chi connectivity index (χ2n) is 3.89. The number of nitrogen functional groups attached to an aromatic ring is 1. The number of nitro groups is 1. The predicted molar refractivity (Wildman–Crippen MR) is 78.1 cm³/mol. The van der Waals surface area contributed by atoms with E-state index in [9.17, 15) is 14.9 Å². The van der Waals surface area contributed by atoms with Crippen molar-refractivity contribution in [2.45, 2.75) is 0 Å². The Bertz CT molecular complexity index is 707. The van der Waals surface area contributed by atoms with Crippen LogP contribution in [0.4, 0.5) is 17.2 Å². The molecule has 0 spiro atoms. The maximum atomic E-state index is 12.2. The third-order valence-corrected chi connectivity index (χ3v) is 2.92. The van der Waals surface area contributed by atoms with Crippen LogP contribution in [-0.2, 0) is 0 Å². The van der Waals surface area contributed by atoms with Gasteiger partial charge in [-0.05, 0) is 18.2 Å². The van der Waals surface area contributed by atoms with Gasteiger partial charge in [0.2, 0.25) is 0 Å². The average molecular weight is 308 g/mol. The number of halogens is 1. The molecule has 2 rings (SSSR count). The quantitative estimate of drug-likeness (QED) is 0.452. The van der Waals surface area contributed by atoms with Crippen molar-refractivity contribution in [2.24, 2.45) is 5.84 Å². The normalized spacial score (nSPS) is 10.0. The average Bonchev–Trinajstić information content (AvgIpc) is 2.48. The van der Waals surface area contributed by atoms with Gasteiger partial charge in [0.25, 0.3) is 11.6 Å². The zero-order chi connectivity index (χ0) is 15.4. The third kappa shape index (κ3) is 3.07. The molecule has 0 bridgehead atoms. The van der Waals surface area contributed by atoms with Crippen LogP contribution in [-0.4, -0.2) is 15.8 Å². The van der Waals surface area contributed by atoms with Crippen molar-refractivity contribution in [3.63, 3.8) is 0 Å². The van der Waals surface area contributed by atoms with Crippen molar-refractivity contribution in [1.82, 2.24) is 4.98 Å². The van der Waals surface area contributed by atoms with Gasteiger partial charge in [0.1, 0.15) is 5.69 Å². The number of hydrazine groups is 1. The van der Waals surface area contributed by atoms with E-state index < -0.39 is 10.8 Å². The third-order valence-electron chi connectivity index (χ3n) is 2.62.